The van der Waals surface area contributed by atoms with Crippen molar-refractivity contribution in [1.82, 2.24) is 10.2 Å². The van der Waals surface area contributed by atoms with E-state index in [2.05, 4.69) is 10.2 Å². The molecule has 0 aliphatic carbocycles. The molecule has 116 valence electrons. The summed E-state index contributed by atoms with van der Waals surface area (Å²) in [5.74, 6) is 0.603. The zero-order valence-corrected chi connectivity index (χ0v) is 13.2. The number of halogens is 1. The van der Waals surface area contributed by atoms with Gasteiger partial charge in [-0.15, -0.1) is 0 Å². The monoisotopic (exact) mass is 312 g/mol. The summed E-state index contributed by atoms with van der Waals surface area (Å²) in [6, 6.07) is 5.41. The topological polar surface area (TPSA) is 50.8 Å². The first kappa shape index (κ1) is 16.1. The maximum atomic E-state index is 12.1. The third-order valence-electron chi connectivity index (χ3n) is 3.34. The van der Waals surface area contributed by atoms with Crippen LogP contribution in [0.25, 0.3) is 0 Å². The van der Waals surface area contributed by atoms with E-state index in [1.807, 2.05) is 20.0 Å². The lowest BCUT2D eigenvalue weighted by Crippen LogP contribution is -2.48. The fourth-order valence-electron chi connectivity index (χ4n) is 2.20. The van der Waals surface area contributed by atoms with Gasteiger partial charge in [0.25, 0.3) is 5.91 Å². The van der Waals surface area contributed by atoms with E-state index in [0.29, 0.717) is 37.1 Å². The molecule has 6 heteroatoms. The predicted octanol–water partition coefficient (Wildman–Crippen LogP) is 1.69. The minimum atomic E-state index is -0.411. The smallest absolute Gasteiger partial charge is 0.250 e. The van der Waals surface area contributed by atoms with Crippen molar-refractivity contribution in [2.75, 3.05) is 33.4 Å². The summed E-state index contributed by atoms with van der Waals surface area (Å²) in [5.41, 5.74) is 0.902. The first-order valence-electron chi connectivity index (χ1n) is 7.09. The molecule has 1 aliphatic heterocycles. The SMILES string of the molecule is CCOc1cc(Cl)ccc1CNC(=O)[C@H]1CN(C)CCO1. The first-order chi connectivity index (χ1) is 10.1. The van der Waals surface area contributed by atoms with Crippen LogP contribution in [0.3, 0.4) is 0 Å². The molecule has 1 amide bonds. The van der Waals surface area contributed by atoms with Crippen LogP contribution in [0.5, 0.6) is 5.75 Å². The molecule has 1 heterocycles. The van der Waals surface area contributed by atoms with E-state index in [1.54, 1.807) is 12.1 Å². The number of hydrogen-bond acceptors (Lipinski definition) is 4. The number of nitrogens with one attached hydrogen (secondary N) is 1. The van der Waals surface area contributed by atoms with Gasteiger partial charge in [0.2, 0.25) is 0 Å². The molecule has 5 nitrogen and oxygen atoms in total. The van der Waals surface area contributed by atoms with Crippen LogP contribution >= 0.6 is 11.6 Å². The lowest BCUT2D eigenvalue weighted by molar-refractivity contribution is -0.138. The van der Waals surface area contributed by atoms with Crippen molar-refractivity contribution in [2.45, 2.75) is 19.6 Å². The summed E-state index contributed by atoms with van der Waals surface area (Å²) in [5, 5.41) is 3.51. The fraction of sp³-hybridized carbons (Fsp3) is 0.533. The lowest BCUT2D eigenvalue weighted by Gasteiger charge is -2.29. The normalized spacial score (nSPS) is 19.3. The standard InChI is InChI=1S/C15H21ClN2O3/c1-3-20-13-8-12(16)5-4-11(13)9-17-15(19)14-10-18(2)6-7-21-14/h4-5,8,14H,3,6-7,9-10H2,1-2H3,(H,17,19)/t14-/m1/s1. The number of nitrogens with zero attached hydrogens (tertiary/aromatic N) is 1. The molecule has 1 aliphatic rings. The number of ether oxygens (including phenoxy) is 2. The van der Waals surface area contributed by atoms with Gasteiger partial charge >= 0.3 is 0 Å². The Morgan fingerprint density at radius 2 is 2.38 bits per heavy atom. The van der Waals surface area contributed by atoms with Gasteiger partial charge in [-0.25, -0.2) is 0 Å². The van der Waals surface area contributed by atoms with Crippen molar-refractivity contribution < 1.29 is 14.3 Å². The quantitative estimate of drug-likeness (QED) is 0.899. The van der Waals surface area contributed by atoms with Crippen LogP contribution in [0.1, 0.15) is 12.5 Å². The van der Waals surface area contributed by atoms with Crippen LogP contribution in [0.2, 0.25) is 5.02 Å². The summed E-state index contributed by atoms with van der Waals surface area (Å²) in [4.78, 5) is 14.2. The van der Waals surface area contributed by atoms with Gasteiger partial charge in [-0.2, -0.15) is 0 Å². The van der Waals surface area contributed by atoms with Crippen molar-refractivity contribution in [2.24, 2.45) is 0 Å². The summed E-state index contributed by atoms with van der Waals surface area (Å²) < 4.78 is 11.0. The maximum Gasteiger partial charge on any atom is 0.250 e. The van der Waals surface area contributed by atoms with Gasteiger partial charge in [0, 0.05) is 30.2 Å². The Balaban J connectivity index is 1.94. The van der Waals surface area contributed by atoms with Crippen LogP contribution in [-0.2, 0) is 16.1 Å². The van der Waals surface area contributed by atoms with Crippen molar-refractivity contribution in [3.8, 4) is 5.75 Å². The van der Waals surface area contributed by atoms with Crippen LogP contribution in [0, 0.1) is 0 Å². The number of carbonyl (C=O) groups is 1. The van der Waals surface area contributed by atoms with Crippen molar-refractivity contribution in [1.29, 1.82) is 0 Å². The van der Waals surface area contributed by atoms with Crippen LogP contribution in [0.4, 0.5) is 0 Å². The molecule has 21 heavy (non-hydrogen) atoms. The molecule has 0 aromatic heterocycles. The molecular weight excluding hydrogens is 292 g/mol. The number of likely N-dealkylation sites (N-methyl/N-ethyl adjacent to an activating group) is 1. The highest BCUT2D eigenvalue weighted by Crippen LogP contribution is 2.23. The third kappa shape index (κ3) is 4.59. The van der Waals surface area contributed by atoms with Crippen molar-refractivity contribution >= 4 is 17.5 Å². The van der Waals surface area contributed by atoms with Gasteiger partial charge in [-0.05, 0) is 26.1 Å². The zero-order valence-electron chi connectivity index (χ0n) is 12.4. The van der Waals surface area contributed by atoms with Gasteiger partial charge < -0.3 is 19.7 Å². The molecule has 0 bridgehead atoms. The lowest BCUT2D eigenvalue weighted by atomic mass is 10.2. The number of carbonyl (C=O) groups excluding carboxylic acids is 1. The molecule has 0 radical (unpaired) electrons. The maximum absolute atomic E-state index is 12.1. The van der Waals surface area contributed by atoms with Gasteiger partial charge in [0.15, 0.2) is 0 Å². The molecule has 0 spiro atoms. The highest BCUT2D eigenvalue weighted by atomic mass is 35.5. The third-order valence-corrected chi connectivity index (χ3v) is 3.58. The van der Waals surface area contributed by atoms with E-state index in [4.69, 9.17) is 21.1 Å². The van der Waals surface area contributed by atoms with Crippen molar-refractivity contribution in [3.63, 3.8) is 0 Å². The summed E-state index contributed by atoms with van der Waals surface area (Å²) in [6.45, 7) is 4.92. The Morgan fingerprint density at radius 3 is 3.10 bits per heavy atom. The molecular formula is C15H21ClN2O3. The van der Waals surface area contributed by atoms with E-state index in [0.717, 1.165) is 12.1 Å². The molecule has 1 fully saturated rings. The van der Waals surface area contributed by atoms with Crippen LogP contribution < -0.4 is 10.1 Å². The Morgan fingerprint density at radius 1 is 1.57 bits per heavy atom. The average Bonchev–Trinajstić information content (AvgIpc) is 2.46. The molecule has 2 rings (SSSR count). The second kappa shape index (κ2) is 7.64. The van der Waals surface area contributed by atoms with Crippen LogP contribution in [0.15, 0.2) is 18.2 Å². The second-order valence-corrected chi connectivity index (χ2v) is 5.46. The molecule has 1 aromatic rings. The first-order valence-corrected chi connectivity index (χ1v) is 7.47. The highest BCUT2D eigenvalue weighted by molar-refractivity contribution is 6.30. The largest absolute Gasteiger partial charge is 0.493 e. The minimum absolute atomic E-state index is 0.0982. The summed E-state index contributed by atoms with van der Waals surface area (Å²) in [6.07, 6.45) is -0.411. The number of morpholine rings is 1. The second-order valence-electron chi connectivity index (χ2n) is 5.02. The Kier molecular flexibility index (Phi) is 5.85. The molecule has 1 atom stereocenters. The van der Waals surface area contributed by atoms with Crippen LogP contribution in [-0.4, -0.2) is 50.3 Å². The minimum Gasteiger partial charge on any atom is -0.493 e. The molecule has 1 N–H and O–H groups in total. The van der Waals surface area contributed by atoms with E-state index < -0.39 is 6.10 Å². The summed E-state index contributed by atoms with van der Waals surface area (Å²) in [7, 11) is 1.98. The Hall–Kier alpha value is -1.30. The highest BCUT2D eigenvalue weighted by Gasteiger charge is 2.24. The van der Waals surface area contributed by atoms with Gasteiger partial charge in [0.1, 0.15) is 11.9 Å². The predicted molar refractivity (Wildman–Crippen MR) is 81.7 cm³/mol. The van der Waals surface area contributed by atoms with E-state index in [9.17, 15) is 4.79 Å². The van der Waals surface area contributed by atoms with E-state index >= 15 is 0 Å². The van der Waals surface area contributed by atoms with Crippen molar-refractivity contribution in [3.05, 3.63) is 28.8 Å². The molecule has 1 saturated heterocycles. The van der Waals surface area contributed by atoms with E-state index in [-0.39, 0.29) is 5.91 Å². The summed E-state index contributed by atoms with van der Waals surface area (Å²) >= 11 is 5.96. The number of rotatable bonds is 5. The molecule has 0 unspecified atom stereocenters. The number of hydrogen-bond donors (Lipinski definition) is 1. The number of benzene rings is 1. The fourth-order valence-corrected chi connectivity index (χ4v) is 2.36. The van der Waals surface area contributed by atoms with Gasteiger partial charge in [-0.1, -0.05) is 17.7 Å². The number of amides is 1. The van der Waals surface area contributed by atoms with Gasteiger partial charge in [0.05, 0.1) is 13.2 Å². The molecule has 1 aromatic carbocycles. The zero-order chi connectivity index (χ0) is 15.2. The Bertz CT molecular complexity index is 496. The van der Waals surface area contributed by atoms with E-state index in [1.165, 1.54) is 0 Å². The average molecular weight is 313 g/mol. The van der Waals surface area contributed by atoms with Gasteiger partial charge in [-0.3, -0.25) is 4.79 Å². The Labute approximate surface area is 130 Å². The molecule has 0 saturated carbocycles.